The quantitative estimate of drug-likeness (QED) is 0.719. The van der Waals surface area contributed by atoms with Crippen LogP contribution in [0.15, 0.2) is 18.3 Å². The summed E-state index contributed by atoms with van der Waals surface area (Å²) >= 11 is 2.38. The van der Waals surface area contributed by atoms with Crippen LogP contribution in [0.25, 0.3) is 0 Å². The fourth-order valence-electron chi connectivity index (χ4n) is 1.86. The molecule has 2 heteroatoms. The highest BCUT2D eigenvalue weighted by atomic mass is 127. The van der Waals surface area contributed by atoms with Crippen molar-refractivity contribution in [2.45, 2.75) is 31.6 Å². The zero-order valence-electron chi connectivity index (χ0n) is 7.54. The Labute approximate surface area is 93.1 Å². The van der Waals surface area contributed by atoms with Gasteiger partial charge in [-0.3, -0.25) is 4.98 Å². The molecule has 1 aromatic heterocycles. The third-order valence-electron chi connectivity index (χ3n) is 2.56. The molecule has 0 aromatic carbocycles. The van der Waals surface area contributed by atoms with Crippen LogP contribution in [-0.2, 0) is 0 Å². The van der Waals surface area contributed by atoms with Gasteiger partial charge in [0.1, 0.15) is 0 Å². The molecule has 0 saturated heterocycles. The van der Waals surface area contributed by atoms with Gasteiger partial charge in [-0.15, -0.1) is 0 Å². The first kappa shape index (κ1) is 9.44. The maximum Gasteiger partial charge on any atom is 0.0570 e. The van der Waals surface area contributed by atoms with Gasteiger partial charge in [0, 0.05) is 15.7 Å². The number of nitrogens with zero attached hydrogens (tertiary/aromatic N) is 1. The first-order valence-electron chi connectivity index (χ1n) is 4.81. The highest BCUT2D eigenvalue weighted by Gasteiger charge is 2.18. The summed E-state index contributed by atoms with van der Waals surface area (Å²) in [7, 11) is 0. The predicted molar refractivity (Wildman–Crippen MR) is 62.5 cm³/mol. The molecule has 1 aliphatic carbocycles. The molecule has 0 N–H and O–H groups in total. The van der Waals surface area contributed by atoms with Crippen molar-refractivity contribution in [3.63, 3.8) is 0 Å². The Morgan fingerprint density at radius 3 is 3.00 bits per heavy atom. The van der Waals surface area contributed by atoms with Gasteiger partial charge >= 0.3 is 0 Å². The minimum absolute atomic E-state index is 0.613. The number of halogens is 1. The van der Waals surface area contributed by atoms with E-state index in [0.29, 0.717) is 5.92 Å². The smallest absolute Gasteiger partial charge is 0.0570 e. The van der Waals surface area contributed by atoms with Gasteiger partial charge < -0.3 is 0 Å². The summed E-state index contributed by atoms with van der Waals surface area (Å²) in [6.07, 6.45) is 9.59. The zero-order chi connectivity index (χ0) is 9.10. The van der Waals surface area contributed by atoms with Gasteiger partial charge in [0.15, 0.2) is 0 Å². The third-order valence-corrected chi connectivity index (χ3v) is 3.47. The van der Waals surface area contributed by atoms with Crippen molar-refractivity contribution in [2.75, 3.05) is 0 Å². The minimum Gasteiger partial charge on any atom is -0.260 e. The van der Waals surface area contributed by atoms with Gasteiger partial charge in [0.25, 0.3) is 0 Å². The van der Waals surface area contributed by atoms with E-state index in [1.165, 1.54) is 34.9 Å². The van der Waals surface area contributed by atoms with E-state index in [2.05, 4.69) is 40.1 Å². The summed E-state index contributed by atoms with van der Waals surface area (Å²) in [6, 6.07) is 4.15. The Bertz CT molecular complexity index is 279. The molecule has 1 fully saturated rings. The first-order valence-corrected chi connectivity index (χ1v) is 5.89. The monoisotopic (exact) mass is 286 g/mol. The normalized spacial score (nSPS) is 18.8. The molecule has 69 valence electrons. The number of pyridine rings is 1. The molecule has 13 heavy (non-hydrogen) atoms. The minimum atomic E-state index is 0.613. The Morgan fingerprint density at radius 1 is 1.38 bits per heavy atom. The largest absolute Gasteiger partial charge is 0.260 e. The van der Waals surface area contributed by atoms with Crippen LogP contribution in [0.5, 0.6) is 0 Å². The van der Waals surface area contributed by atoms with E-state index >= 15 is 0 Å². The summed E-state index contributed by atoms with van der Waals surface area (Å²) in [6.45, 7) is 0. The molecule has 1 radical (unpaired) electrons. The van der Waals surface area contributed by atoms with Crippen molar-refractivity contribution in [3.05, 3.63) is 34.0 Å². The molecule has 1 atom stereocenters. The summed E-state index contributed by atoms with van der Waals surface area (Å²) in [5.41, 5.74) is 1.28. The van der Waals surface area contributed by atoms with E-state index in [4.69, 9.17) is 0 Å². The summed E-state index contributed by atoms with van der Waals surface area (Å²) in [5.74, 6) is 0.613. The third kappa shape index (κ3) is 2.22. The Kier molecular flexibility index (Phi) is 3.19. The number of hydrogen-bond acceptors (Lipinski definition) is 1. The second kappa shape index (κ2) is 4.40. The number of rotatable bonds is 1. The first-order chi connectivity index (χ1) is 6.38. The van der Waals surface area contributed by atoms with Crippen LogP contribution in [0.4, 0.5) is 0 Å². The van der Waals surface area contributed by atoms with Crippen LogP contribution in [0.3, 0.4) is 0 Å². The summed E-state index contributed by atoms with van der Waals surface area (Å²) < 4.78 is 1.31. The van der Waals surface area contributed by atoms with Gasteiger partial charge in [-0.2, -0.15) is 0 Å². The molecule has 0 spiro atoms. The van der Waals surface area contributed by atoms with Crippen molar-refractivity contribution < 1.29 is 0 Å². The molecule has 1 heterocycles. The second-order valence-electron chi connectivity index (χ2n) is 3.50. The Morgan fingerprint density at radius 2 is 2.31 bits per heavy atom. The van der Waals surface area contributed by atoms with Crippen molar-refractivity contribution in [3.8, 4) is 0 Å². The second-order valence-corrected chi connectivity index (χ2v) is 4.66. The van der Waals surface area contributed by atoms with Crippen molar-refractivity contribution >= 4 is 22.6 Å². The molecular weight excluding hydrogens is 273 g/mol. The van der Waals surface area contributed by atoms with E-state index in [1.54, 1.807) is 0 Å². The van der Waals surface area contributed by atoms with Gasteiger partial charge in [0.05, 0.1) is 5.69 Å². The van der Waals surface area contributed by atoms with Gasteiger partial charge in [-0.05, 0) is 54.0 Å². The molecule has 1 aromatic rings. The fraction of sp³-hybridized carbons (Fsp3) is 0.455. The van der Waals surface area contributed by atoms with E-state index in [-0.39, 0.29) is 0 Å². The number of aromatic nitrogens is 1. The average molecular weight is 286 g/mol. The van der Waals surface area contributed by atoms with Gasteiger partial charge in [-0.25, -0.2) is 0 Å². The standard InChI is InChI=1S/C11H13IN/c12-10-7-4-8-13-11(10)9-5-2-1-3-6-9/h4-5,7-9H,1-3,6H2. The van der Waals surface area contributed by atoms with Crippen LogP contribution in [-0.4, -0.2) is 4.98 Å². The van der Waals surface area contributed by atoms with Crippen molar-refractivity contribution in [1.29, 1.82) is 0 Å². The van der Waals surface area contributed by atoms with Crippen molar-refractivity contribution in [2.24, 2.45) is 0 Å². The lowest BCUT2D eigenvalue weighted by atomic mass is 9.87. The molecular formula is C11H13IN. The van der Waals surface area contributed by atoms with Gasteiger partial charge in [0.2, 0.25) is 0 Å². The summed E-state index contributed by atoms with van der Waals surface area (Å²) in [5, 5.41) is 0. The Balaban J connectivity index is 2.18. The van der Waals surface area contributed by atoms with Crippen molar-refractivity contribution in [1.82, 2.24) is 4.98 Å². The van der Waals surface area contributed by atoms with Crippen LogP contribution in [0.2, 0.25) is 0 Å². The molecule has 1 saturated carbocycles. The van der Waals surface area contributed by atoms with E-state index in [9.17, 15) is 0 Å². The zero-order valence-corrected chi connectivity index (χ0v) is 9.70. The van der Waals surface area contributed by atoms with Crippen LogP contribution >= 0.6 is 22.6 Å². The summed E-state index contributed by atoms with van der Waals surface area (Å²) in [4.78, 5) is 4.46. The van der Waals surface area contributed by atoms with Crippen LogP contribution in [0.1, 0.15) is 37.3 Å². The molecule has 1 aliphatic rings. The molecule has 0 amide bonds. The topological polar surface area (TPSA) is 12.9 Å². The molecule has 0 aliphatic heterocycles. The van der Waals surface area contributed by atoms with E-state index in [1.807, 2.05) is 12.3 Å². The average Bonchev–Trinajstić information content (AvgIpc) is 2.20. The lowest BCUT2D eigenvalue weighted by Gasteiger charge is -2.21. The lowest BCUT2D eigenvalue weighted by Crippen LogP contribution is -2.08. The lowest BCUT2D eigenvalue weighted by molar-refractivity contribution is 0.524. The Hall–Kier alpha value is -0.120. The maximum atomic E-state index is 4.46. The predicted octanol–water partition coefficient (Wildman–Crippen LogP) is 3.55. The van der Waals surface area contributed by atoms with Crippen LogP contribution < -0.4 is 0 Å². The molecule has 1 nitrogen and oxygen atoms in total. The maximum absolute atomic E-state index is 4.46. The number of hydrogen-bond donors (Lipinski definition) is 0. The molecule has 1 unspecified atom stereocenters. The van der Waals surface area contributed by atoms with Crippen LogP contribution in [0, 0.1) is 9.99 Å². The van der Waals surface area contributed by atoms with Gasteiger partial charge in [-0.1, -0.05) is 12.8 Å². The van der Waals surface area contributed by atoms with E-state index in [0.717, 1.165) is 0 Å². The van der Waals surface area contributed by atoms with E-state index < -0.39 is 0 Å². The molecule has 0 bridgehead atoms. The highest BCUT2D eigenvalue weighted by molar-refractivity contribution is 14.1. The SMILES string of the molecule is Ic1cccnc1C1[CH]CCCC1. The molecule has 2 rings (SSSR count). The fourth-order valence-corrected chi connectivity index (χ4v) is 2.61. The highest BCUT2D eigenvalue weighted by Crippen LogP contribution is 2.32.